The normalized spacial score (nSPS) is 10.1. The molecule has 1 aromatic heterocycles. The number of hydrogen-bond acceptors (Lipinski definition) is 2. The lowest BCUT2D eigenvalue weighted by Crippen LogP contribution is -2.24. The van der Waals surface area contributed by atoms with Crippen molar-refractivity contribution < 1.29 is 9.18 Å². The van der Waals surface area contributed by atoms with Gasteiger partial charge in [0.1, 0.15) is 0 Å². The number of rotatable bonds is 3. The van der Waals surface area contributed by atoms with Crippen molar-refractivity contribution in [2.24, 2.45) is 0 Å². The predicted molar refractivity (Wildman–Crippen MR) is 66.5 cm³/mol. The third kappa shape index (κ3) is 2.71. The van der Waals surface area contributed by atoms with Crippen LogP contribution in [0, 0.1) is 12.7 Å². The number of nitrogens with zero attached hydrogens (tertiary/aromatic N) is 1. The number of hydrogen-bond donors (Lipinski definition) is 1. The zero-order chi connectivity index (χ0) is 13.0. The summed E-state index contributed by atoms with van der Waals surface area (Å²) in [5.74, 6) is -1.04. The second-order valence-electron chi connectivity index (χ2n) is 3.96. The lowest BCUT2D eigenvalue weighted by Gasteiger charge is -2.08. The number of halogens is 1. The Balaban J connectivity index is 2.06. The topological polar surface area (TPSA) is 42.0 Å². The molecule has 0 unspecified atom stereocenters. The van der Waals surface area contributed by atoms with E-state index >= 15 is 0 Å². The summed E-state index contributed by atoms with van der Waals surface area (Å²) in [5.41, 5.74) is 2.12. The fourth-order valence-electron chi connectivity index (χ4n) is 1.64. The zero-order valence-electron chi connectivity index (χ0n) is 9.98. The standard InChI is InChI=1S/C14H13FN2O/c1-10-4-2-3-5-11(10)8-17-14(18)12-6-7-16-9-13(12)15/h2-7,9H,8H2,1H3,(H,17,18). The van der Waals surface area contributed by atoms with Crippen LogP contribution in [-0.4, -0.2) is 10.9 Å². The van der Waals surface area contributed by atoms with Gasteiger partial charge < -0.3 is 5.32 Å². The van der Waals surface area contributed by atoms with Gasteiger partial charge in [0.05, 0.1) is 11.8 Å². The van der Waals surface area contributed by atoms with E-state index in [4.69, 9.17) is 0 Å². The molecule has 1 heterocycles. The summed E-state index contributed by atoms with van der Waals surface area (Å²) in [6.45, 7) is 2.35. The van der Waals surface area contributed by atoms with E-state index in [2.05, 4.69) is 10.3 Å². The molecule has 1 aromatic carbocycles. The molecule has 0 radical (unpaired) electrons. The van der Waals surface area contributed by atoms with Gasteiger partial charge in [0.15, 0.2) is 5.82 Å². The van der Waals surface area contributed by atoms with Gasteiger partial charge in [-0.05, 0) is 24.1 Å². The van der Waals surface area contributed by atoms with Gasteiger partial charge in [0, 0.05) is 12.7 Å². The van der Waals surface area contributed by atoms with Gasteiger partial charge in [-0.25, -0.2) is 4.39 Å². The number of amides is 1. The Labute approximate surface area is 105 Å². The van der Waals surface area contributed by atoms with Crippen molar-refractivity contribution in [1.29, 1.82) is 0 Å². The minimum absolute atomic E-state index is 0.0126. The van der Waals surface area contributed by atoms with Crippen LogP contribution in [0.25, 0.3) is 0 Å². The summed E-state index contributed by atoms with van der Waals surface area (Å²) in [5, 5.41) is 2.69. The van der Waals surface area contributed by atoms with Gasteiger partial charge in [0.2, 0.25) is 0 Å². The van der Waals surface area contributed by atoms with Crippen LogP contribution in [0.3, 0.4) is 0 Å². The highest BCUT2D eigenvalue weighted by Crippen LogP contribution is 2.08. The molecule has 18 heavy (non-hydrogen) atoms. The smallest absolute Gasteiger partial charge is 0.254 e. The van der Waals surface area contributed by atoms with E-state index in [0.29, 0.717) is 6.54 Å². The Morgan fingerprint density at radius 3 is 2.83 bits per heavy atom. The maximum atomic E-state index is 13.3. The lowest BCUT2D eigenvalue weighted by molar-refractivity contribution is 0.0946. The Morgan fingerprint density at radius 2 is 2.11 bits per heavy atom. The highest BCUT2D eigenvalue weighted by Gasteiger charge is 2.10. The Kier molecular flexibility index (Phi) is 3.67. The molecule has 2 aromatic rings. The Hall–Kier alpha value is -2.23. The molecule has 0 aliphatic carbocycles. The number of carbonyl (C=O) groups is 1. The van der Waals surface area contributed by atoms with E-state index in [1.54, 1.807) is 0 Å². The molecule has 2 rings (SSSR count). The van der Waals surface area contributed by atoms with Crippen molar-refractivity contribution in [2.45, 2.75) is 13.5 Å². The van der Waals surface area contributed by atoms with Gasteiger partial charge in [-0.1, -0.05) is 24.3 Å². The van der Waals surface area contributed by atoms with Crippen molar-refractivity contribution >= 4 is 5.91 Å². The summed E-state index contributed by atoms with van der Waals surface area (Å²) >= 11 is 0. The molecule has 0 bridgehead atoms. The van der Waals surface area contributed by atoms with E-state index in [9.17, 15) is 9.18 Å². The van der Waals surface area contributed by atoms with E-state index in [-0.39, 0.29) is 5.56 Å². The number of aromatic nitrogens is 1. The summed E-state index contributed by atoms with van der Waals surface area (Å²) in [6, 6.07) is 9.10. The first-order valence-electron chi connectivity index (χ1n) is 5.60. The average Bonchev–Trinajstić information content (AvgIpc) is 2.38. The average molecular weight is 244 g/mol. The predicted octanol–water partition coefficient (Wildman–Crippen LogP) is 2.46. The molecule has 0 aliphatic heterocycles. The molecular formula is C14H13FN2O. The highest BCUT2D eigenvalue weighted by molar-refractivity contribution is 5.94. The fourth-order valence-corrected chi connectivity index (χ4v) is 1.64. The number of benzene rings is 1. The van der Waals surface area contributed by atoms with E-state index in [0.717, 1.165) is 17.3 Å². The molecule has 0 spiro atoms. The third-order valence-electron chi connectivity index (χ3n) is 2.72. The van der Waals surface area contributed by atoms with Crippen molar-refractivity contribution in [3.63, 3.8) is 0 Å². The summed E-state index contributed by atoms with van der Waals surface area (Å²) in [7, 11) is 0. The summed E-state index contributed by atoms with van der Waals surface area (Å²) in [6.07, 6.45) is 2.43. The minimum Gasteiger partial charge on any atom is -0.348 e. The lowest BCUT2D eigenvalue weighted by atomic mass is 10.1. The van der Waals surface area contributed by atoms with Gasteiger partial charge in [-0.3, -0.25) is 9.78 Å². The Morgan fingerprint density at radius 1 is 1.33 bits per heavy atom. The first-order valence-corrected chi connectivity index (χ1v) is 5.60. The van der Waals surface area contributed by atoms with Gasteiger partial charge in [-0.2, -0.15) is 0 Å². The molecule has 92 valence electrons. The monoisotopic (exact) mass is 244 g/mol. The van der Waals surface area contributed by atoms with Gasteiger partial charge in [0.25, 0.3) is 5.91 Å². The molecule has 1 N–H and O–H groups in total. The summed E-state index contributed by atoms with van der Waals surface area (Å²) in [4.78, 5) is 15.4. The van der Waals surface area contributed by atoms with Crippen molar-refractivity contribution in [3.05, 3.63) is 65.2 Å². The summed E-state index contributed by atoms with van der Waals surface area (Å²) < 4.78 is 13.3. The van der Waals surface area contributed by atoms with E-state index < -0.39 is 11.7 Å². The maximum absolute atomic E-state index is 13.3. The number of aryl methyl sites for hydroxylation is 1. The van der Waals surface area contributed by atoms with Crippen LogP contribution < -0.4 is 5.32 Å². The number of nitrogens with one attached hydrogen (secondary N) is 1. The molecule has 0 atom stereocenters. The van der Waals surface area contributed by atoms with Crippen molar-refractivity contribution in [2.75, 3.05) is 0 Å². The molecule has 4 heteroatoms. The largest absolute Gasteiger partial charge is 0.348 e. The van der Waals surface area contributed by atoms with Crippen molar-refractivity contribution in [3.8, 4) is 0 Å². The highest BCUT2D eigenvalue weighted by atomic mass is 19.1. The SMILES string of the molecule is Cc1ccccc1CNC(=O)c1ccncc1F. The van der Waals surface area contributed by atoms with Gasteiger partial charge >= 0.3 is 0 Å². The second-order valence-corrected chi connectivity index (χ2v) is 3.96. The molecule has 0 saturated heterocycles. The Bertz CT molecular complexity index is 569. The van der Waals surface area contributed by atoms with Crippen LogP contribution in [-0.2, 0) is 6.54 Å². The molecule has 1 amide bonds. The number of pyridine rings is 1. The van der Waals surface area contributed by atoms with E-state index in [1.165, 1.54) is 12.3 Å². The molecule has 0 saturated carbocycles. The van der Waals surface area contributed by atoms with Crippen LogP contribution >= 0.6 is 0 Å². The van der Waals surface area contributed by atoms with Crippen LogP contribution in [0.15, 0.2) is 42.7 Å². The quantitative estimate of drug-likeness (QED) is 0.901. The molecule has 0 fully saturated rings. The molecule has 3 nitrogen and oxygen atoms in total. The van der Waals surface area contributed by atoms with Crippen LogP contribution in [0.4, 0.5) is 4.39 Å². The second kappa shape index (κ2) is 5.40. The van der Waals surface area contributed by atoms with Crippen LogP contribution in [0.2, 0.25) is 0 Å². The zero-order valence-corrected chi connectivity index (χ0v) is 9.98. The fraction of sp³-hybridized carbons (Fsp3) is 0.143. The molecular weight excluding hydrogens is 231 g/mol. The van der Waals surface area contributed by atoms with E-state index in [1.807, 2.05) is 31.2 Å². The van der Waals surface area contributed by atoms with Crippen molar-refractivity contribution in [1.82, 2.24) is 10.3 Å². The third-order valence-corrected chi connectivity index (χ3v) is 2.72. The van der Waals surface area contributed by atoms with Crippen LogP contribution in [0.1, 0.15) is 21.5 Å². The van der Waals surface area contributed by atoms with Crippen LogP contribution in [0.5, 0.6) is 0 Å². The van der Waals surface area contributed by atoms with Gasteiger partial charge in [-0.15, -0.1) is 0 Å². The first kappa shape index (κ1) is 12.2. The molecule has 0 aliphatic rings. The maximum Gasteiger partial charge on any atom is 0.254 e. The first-order chi connectivity index (χ1) is 8.68. The number of carbonyl (C=O) groups excluding carboxylic acids is 1. The minimum atomic E-state index is -0.611.